The van der Waals surface area contributed by atoms with E-state index in [2.05, 4.69) is 5.16 Å². The molecule has 1 aromatic heterocycles. The molecule has 0 spiro atoms. The maximum absolute atomic E-state index is 11.9. The molecule has 2 rings (SSSR count). The molecule has 23 heavy (non-hydrogen) atoms. The molecular weight excluding hydrogens is 298 g/mol. The molecule has 2 aromatic rings. The quantitative estimate of drug-likeness (QED) is 0.602. The average molecular weight is 317 g/mol. The first kappa shape index (κ1) is 16.6. The number of esters is 1. The molecule has 0 aliphatic heterocycles. The topological polar surface area (TPSA) is 70.8 Å². The lowest BCUT2D eigenvalue weighted by atomic mass is 10.1. The Bertz CT molecular complexity index is 698. The molecule has 1 heterocycles. The van der Waals surface area contributed by atoms with Crippen LogP contribution in [0.15, 0.2) is 28.8 Å². The van der Waals surface area contributed by atoms with Gasteiger partial charge in [-0.1, -0.05) is 5.16 Å². The first-order valence-electron chi connectivity index (χ1n) is 7.03. The minimum Gasteiger partial charge on any atom is -0.497 e. The van der Waals surface area contributed by atoms with E-state index < -0.39 is 5.97 Å². The fourth-order valence-corrected chi connectivity index (χ4v) is 2.03. The fourth-order valence-electron chi connectivity index (χ4n) is 2.03. The Hall–Kier alpha value is -2.76. The minimum atomic E-state index is -0.463. The molecule has 0 aliphatic rings. The van der Waals surface area contributed by atoms with Crippen molar-refractivity contribution in [2.24, 2.45) is 0 Å². The Kier molecular flexibility index (Phi) is 5.41. The number of rotatable bonds is 6. The summed E-state index contributed by atoms with van der Waals surface area (Å²) in [6, 6.07) is 5.33. The lowest BCUT2D eigenvalue weighted by Crippen LogP contribution is -2.02. The summed E-state index contributed by atoms with van der Waals surface area (Å²) in [4.78, 5) is 11.9. The van der Waals surface area contributed by atoms with E-state index in [-0.39, 0.29) is 6.61 Å². The molecule has 0 amide bonds. The van der Waals surface area contributed by atoms with Crippen LogP contribution in [0.3, 0.4) is 0 Å². The Balaban J connectivity index is 2.03. The van der Waals surface area contributed by atoms with Gasteiger partial charge in [0.05, 0.1) is 25.5 Å². The Morgan fingerprint density at radius 3 is 2.65 bits per heavy atom. The van der Waals surface area contributed by atoms with Gasteiger partial charge in [-0.3, -0.25) is 0 Å². The zero-order valence-corrected chi connectivity index (χ0v) is 13.6. The number of hydrogen-bond acceptors (Lipinski definition) is 6. The second-order valence-electron chi connectivity index (χ2n) is 4.85. The van der Waals surface area contributed by atoms with Crippen molar-refractivity contribution in [1.29, 1.82) is 0 Å². The molecule has 0 N–H and O–H groups in total. The van der Waals surface area contributed by atoms with Gasteiger partial charge in [-0.05, 0) is 38.1 Å². The van der Waals surface area contributed by atoms with Gasteiger partial charge in [0.2, 0.25) is 0 Å². The number of aryl methyl sites for hydroxylation is 2. The normalized spacial score (nSPS) is 10.8. The summed E-state index contributed by atoms with van der Waals surface area (Å²) in [7, 11) is 3.14. The number of ether oxygens (including phenoxy) is 3. The Morgan fingerprint density at radius 1 is 1.26 bits per heavy atom. The molecule has 0 unspecified atom stereocenters. The molecule has 0 saturated heterocycles. The molecule has 0 bridgehead atoms. The van der Waals surface area contributed by atoms with Gasteiger partial charge in [-0.2, -0.15) is 0 Å². The van der Waals surface area contributed by atoms with E-state index in [9.17, 15) is 4.79 Å². The maximum atomic E-state index is 11.9. The Labute approximate surface area is 134 Å². The SMILES string of the molecule is COc1ccc(OC)c(/C=C/C(=O)OCc2c(C)noc2C)c1. The molecule has 0 saturated carbocycles. The summed E-state index contributed by atoms with van der Waals surface area (Å²) in [6.07, 6.45) is 2.96. The highest BCUT2D eigenvalue weighted by Crippen LogP contribution is 2.25. The number of hydrogen-bond donors (Lipinski definition) is 0. The van der Waals surface area contributed by atoms with Crippen molar-refractivity contribution in [2.45, 2.75) is 20.5 Å². The third-order valence-electron chi connectivity index (χ3n) is 3.38. The van der Waals surface area contributed by atoms with Gasteiger partial charge in [0.25, 0.3) is 0 Å². The second kappa shape index (κ2) is 7.49. The van der Waals surface area contributed by atoms with Crippen LogP contribution >= 0.6 is 0 Å². The highest BCUT2D eigenvalue weighted by Gasteiger charge is 2.10. The number of methoxy groups -OCH3 is 2. The molecule has 1 aromatic carbocycles. The van der Waals surface area contributed by atoms with Crippen LogP contribution in [-0.2, 0) is 16.1 Å². The van der Waals surface area contributed by atoms with Crippen LogP contribution in [0.2, 0.25) is 0 Å². The van der Waals surface area contributed by atoms with Crippen molar-refractivity contribution in [3.63, 3.8) is 0 Å². The number of benzene rings is 1. The van der Waals surface area contributed by atoms with Crippen LogP contribution in [0.4, 0.5) is 0 Å². The molecular formula is C17H19NO5. The summed E-state index contributed by atoms with van der Waals surface area (Å²) in [6.45, 7) is 3.70. The summed E-state index contributed by atoms with van der Waals surface area (Å²) >= 11 is 0. The van der Waals surface area contributed by atoms with Gasteiger partial charge in [0.1, 0.15) is 23.9 Å². The van der Waals surface area contributed by atoms with Crippen molar-refractivity contribution < 1.29 is 23.5 Å². The maximum Gasteiger partial charge on any atom is 0.331 e. The van der Waals surface area contributed by atoms with E-state index in [1.54, 1.807) is 52.3 Å². The van der Waals surface area contributed by atoms with Gasteiger partial charge in [-0.25, -0.2) is 4.79 Å². The molecule has 0 aliphatic carbocycles. The lowest BCUT2D eigenvalue weighted by molar-refractivity contribution is -0.138. The standard InChI is InChI=1S/C17H19NO5/c1-11-15(12(2)23-18-11)10-22-17(19)8-5-13-9-14(20-3)6-7-16(13)21-4/h5-9H,10H2,1-4H3/b8-5+. The molecule has 0 fully saturated rings. The van der Waals surface area contributed by atoms with E-state index in [0.29, 0.717) is 23.0 Å². The minimum absolute atomic E-state index is 0.125. The summed E-state index contributed by atoms with van der Waals surface area (Å²) in [5.41, 5.74) is 2.22. The highest BCUT2D eigenvalue weighted by molar-refractivity contribution is 5.87. The first-order chi connectivity index (χ1) is 11.0. The summed E-state index contributed by atoms with van der Waals surface area (Å²) in [5, 5.41) is 3.81. The third-order valence-corrected chi connectivity index (χ3v) is 3.38. The van der Waals surface area contributed by atoms with E-state index in [4.69, 9.17) is 18.7 Å². The summed E-state index contributed by atoms with van der Waals surface area (Å²) in [5.74, 6) is 1.50. The van der Waals surface area contributed by atoms with E-state index in [0.717, 1.165) is 11.1 Å². The van der Waals surface area contributed by atoms with E-state index in [1.165, 1.54) is 6.08 Å². The molecule has 0 radical (unpaired) electrons. The zero-order valence-electron chi connectivity index (χ0n) is 13.6. The lowest BCUT2D eigenvalue weighted by Gasteiger charge is -2.07. The van der Waals surface area contributed by atoms with Crippen molar-refractivity contribution in [1.82, 2.24) is 5.16 Å². The van der Waals surface area contributed by atoms with Gasteiger partial charge in [0, 0.05) is 11.6 Å². The van der Waals surface area contributed by atoms with Crippen LogP contribution < -0.4 is 9.47 Å². The van der Waals surface area contributed by atoms with Crippen molar-refractivity contribution in [2.75, 3.05) is 14.2 Å². The highest BCUT2D eigenvalue weighted by atomic mass is 16.5. The first-order valence-corrected chi connectivity index (χ1v) is 7.03. The van der Waals surface area contributed by atoms with E-state index >= 15 is 0 Å². The molecule has 6 heteroatoms. The zero-order chi connectivity index (χ0) is 16.8. The molecule has 122 valence electrons. The van der Waals surface area contributed by atoms with Crippen LogP contribution in [0, 0.1) is 13.8 Å². The van der Waals surface area contributed by atoms with Crippen LogP contribution in [-0.4, -0.2) is 25.3 Å². The number of nitrogens with zero attached hydrogens (tertiary/aromatic N) is 1. The van der Waals surface area contributed by atoms with Crippen molar-refractivity contribution in [3.05, 3.63) is 46.9 Å². The van der Waals surface area contributed by atoms with Gasteiger partial charge >= 0.3 is 5.97 Å². The summed E-state index contributed by atoms with van der Waals surface area (Å²) < 4.78 is 20.6. The van der Waals surface area contributed by atoms with Crippen LogP contribution in [0.25, 0.3) is 6.08 Å². The average Bonchev–Trinajstić information content (AvgIpc) is 2.89. The monoisotopic (exact) mass is 317 g/mol. The fraction of sp³-hybridized carbons (Fsp3) is 0.294. The molecule has 6 nitrogen and oxygen atoms in total. The number of carbonyl (C=O) groups is 1. The van der Waals surface area contributed by atoms with Crippen LogP contribution in [0.1, 0.15) is 22.6 Å². The molecule has 0 atom stereocenters. The smallest absolute Gasteiger partial charge is 0.331 e. The van der Waals surface area contributed by atoms with Gasteiger partial charge < -0.3 is 18.7 Å². The third kappa shape index (κ3) is 4.12. The van der Waals surface area contributed by atoms with Crippen molar-refractivity contribution in [3.8, 4) is 11.5 Å². The number of aromatic nitrogens is 1. The second-order valence-corrected chi connectivity index (χ2v) is 4.85. The predicted molar refractivity (Wildman–Crippen MR) is 84.4 cm³/mol. The van der Waals surface area contributed by atoms with E-state index in [1.807, 2.05) is 0 Å². The predicted octanol–water partition coefficient (Wildman–Crippen LogP) is 3.07. The largest absolute Gasteiger partial charge is 0.497 e. The van der Waals surface area contributed by atoms with Gasteiger partial charge in [0.15, 0.2) is 0 Å². The van der Waals surface area contributed by atoms with Crippen LogP contribution in [0.5, 0.6) is 11.5 Å². The van der Waals surface area contributed by atoms with Gasteiger partial charge in [-0.15, -0.1) is 0 Å². The van der Waals surface area contributed by atoms with Crippen molar-refractivity contribution >= 4 is 12.0 Å². The number of carbonyl (C=O) groups excluding carboxylic acids is 1. The Morgan fingerprint density at radius 2 is 2.04 bits per heavy atom.